The molecule has 1 aromatic heterocycles. The van der Waals surface area contributed by atoms with Crippen molar-refractivity contribution in [3.8, 4) is 0 Å². The van der Waals surface area contributed by atoms with Crippen molar-refractivity contribution in [1.29, 1.82) is 0 Å². The number of para-hydroxylation sites is 1. The molecule has 122 valence electrons. The van der Waals surface area contributed by atoms with Gasteiger partial charge >= 0.3 is 0 Å². The molecular weight excluding hydrogens is 304 g/mol. The number of rotatable bonds is 6. The van der Waals surface area contributed by atoms with Crippen molar-refractivity contribution in [2.75, 3.05) is 20.7 Å². The Morgan fingerprint density at radius 1 is 1.41 bits per heavy atom. The molecule has 2 aromatic rings. The van der Waals surface area contributed by atoms with Crippen molar-refractivity contribution in [2.24, 2.45) is 5.73 Å². The van der Waals surface area contributed by atoms with E-state index < -0.39 is 0 Å². The monoisotopic (exact) mass is 326 g/mol. The van der Waals surface area contributed by atoms with Crippen LogP contribution in [0.3, 0.4) is 0 Å². The Labute approximate surface area is 136 Å². The van der Waals surface area contributed by atoms with Gasteiger partial charge in [-0.15, -0.1) is 12.4 Å². The molecular formula is C16H23ClN2O3. The highest BCUT2D eigenvalue weighted by molar-refractivity contribution is 5.85. The minimum atomic E-state index is -0.247. The molecule has 1 heterocycles. The standard InChI is InChI=1S/C16H22N2O3.ClH/c1-11(18(2)16(19)9-13(10-17)20-3)15-8-12-6-4-5-7-14(12)21-15;/h4-8,11,13H,9-10,17H2,1-3H3;1H. The lowest BCUT2D eigenvalue weighted by atomic mass is 10.1. The van der Waals surface area contributed by atoms with Gasteiger partial charge in [0.25, 0.3) is 0 Å². The molecule has 22 heavy (non-hydrogen) atoms. The predicted molar refractivity (Wildman–Crippen MR) is 89.1 cm³/mol. The van der Waals surface area contributed by atoms with Gasteiger partial charge in [-0.05, 0) is 19.1 Å². The zero-order valence-corrected chi connectivity index (χ0v) is 13.9. The number of hydrogen-bond acceptors (Lipinski definition) is 4. The number of ether oxygens (including phenoxy) is 1. The van der Waals surface area contributed by atoms with Crippen LogP contribution in [0.4, 0.5) is 0 Å². The molecule has 2 atom stereocenters. The van der Waals surface area contributed by atoms with Crippen LogP contribution in [-0.4, -0.2) is 37.6 Å². The molecule has 1 aromatic carbocycles. The third-order valence-electron chi connectivity index (χ3n) is 3.83. The maximum absolute atomic E-state index is 12.2. The molecule has 1 amide bonds. The van der Waals surface area contributed by atoms with Gasteiger partial charge in [0, 0.05) is 26.1 Å². The highest BCUT2D eigenvalue weighted by Gasteiger charge is 2.22. The van der Waals surface area contributed by atoms with E-state index in [-0.39, 0.29) is 36.9 Å². The number of carbonyl (C=O) groups excluding carboxylic acids is 1. The number of benzene rings is 1. The summed E-state index contributed by atoms with van der Waals surface area (Å²) in [5, 5.41) is 1.04. The number of methoxy groups -OCH3 is 1. The van der Waals surface area contributed by atoms with Crippen LogP contribution in [0, 0.1) is 0 Å². The number of carbonyl (C=O) groups is 1. The third-order valence-corrected chi connectivity index (χ3v) is 3.83. The lowest BCUT2D eigenvalue weighted by molar-refractivity contribution is -0.134. The molecule has 6 heteroatoms. The van der Waals surface area contributed by atoms with Gasteiger partial charge < -0.3 is 19.8 Å². The number of nitrogens with two attached hydrogens (primary N) is 1. The Bertz CT molecular complexity index is 577. The second-order valence-electron chi connectivity index (χ2n) is 5.16. The van der Waals surface area contributed by atoms with Crippen LogP contribution < -0.4 is 5.73 Å². The minimum Gasteiger partial charge on any atom is -0.459 e. The highest BCUT2D eigenvalue weighted by atomic mass is 35.5. The van der Waals surface area contributed by atoms with Gasteiger partial charge in [-0.25, -0.2) is 0 Å². The average molecular weight is 327 g/mol. The third kappa shape index (κ3) is 4.00. The summed E-state index contributed by atoms with van der Waals surface area (Å²) in [5.41, 5.74) is 6.39. The summed E-state index contributed by atoms with van der Waals surface area (Å²) in [5.74, 6) is 0.758. The molecule has 0 aliphatic rings. The van der Waals surface area contributed by atoms with Gasteiger partial charge in [0.1, 0.15) is 11.3 Å². The molecule has 0 saturated heterocycles. The fourth-order valence-corrected chi connectivity index (χ4v) is 2.22. The number of amides is 1. The van der Waals surface area contributed by atoms with Crippen molar-refractivity contribution in [3.63, 3.8) is 0 Å². The summed E-state index contributed by atoms with van der Waals surface area (Å²) < 4.78 is 11.0. The second kappa shape index (κ2) is 8.17. The summed E-state index contributed by atoms with van der Waals surface area (Å²) >= 11 is 0. The Balaban J connectivity index is 0.00000242. The maximum Gasteiger partial charge on any atom is 0.225 e. The van der Waals surface area contributed by atoms with Crippen molar-refractivity contribution < 1.29 is 13.9 Å². The van der Waals surface area contributed by atoms with Gasteiger partial charge in [0.15, 0.2) is 0 Å². The SMILES string of the molecule is COC(CN)CC(=O)N(C)C(C)c1cc2ccccc2o1.Cl. The van der Waals surface area contributed by atoms with E-state index >= 15 is 0 Å². The zero-order valence-electron chi connectivity index (χ0n) is 13.1. The first kappa shape index (κ1) is 18.5. The van der Waals surface area contributed by atoms with Gasteiger partial charge in [-0.3, -0.25) is 4.79 Å². The minimum absolute atomic E-state index is 0. The number of nitrogens with zero attached hydrogens (tertiary/aromatic N) is 1. The molecule has 0 saturated carbocycles. The largest absolute Gasteiger partial charge is 0.459 e. The number of hydrogen-bond donors (Lipinski definition) is 1. The van der Waals surface area contributed by atoms with E-state index in [2.05, 4.69) is 0 Å². The predicted octanol–water partition coefficient (Wildman–Crippen LogP) is 2.74. The van der Waals surface area contributed by atoms with Gasteiger partial charge in [-0.2, -0.15) is 0 Å². The summed E-state index contributed by atoms with van der Waals surface area (Å²) in [6.07, 6.45) is 0.0245. The Hall–Kier alpha value is -1.56. The quantitative estimate of drug-likeness (QED) is 0.886. The van der Waals surface area contributed by atoms with E-state index in [1.165, 1.54) is 0 Å². The van der Waals surface area contributed by atoms with Gasteiger partial charge in [-0.1, -0.05) is 18.2 Å². The molecule has 0 bridgehead atoms. The number of halogens is 1. The fraction of sp³-hybridized carbons (Fsp3) is 0.438. The number of fused-ring (bicyclic) bond motifs is 1. The van der Waals surface area contributed by atoms with E-state index in [1.54, 1.807) is 19.1 Å². The molecule has 2 N–H and O–H groups in total. The summed E-state index contributed by atoms with van der Waals surface area (Å²) in [7, 11) is 3.33. The summed E-state index contributed by atoms with van der Waals surface area (Å²) in [6.45, 7) is 2.27. The Kier molecular flexibility index (Phi) is 6.87. The summed E-state index contributed by atoms with van der Waals surface area (Å²) in [6, 6.07) is 9.64. The van der Waals surface area contributed by atoms with Crippen molar-refractivity contribution in [3.05, 3.63) is 36.1 Å². The highest BCUT2D eigenvalue weighted by Crippen LogP contribution is 2.27. The maximum atomic E-state index is 12.2. The average Bonchev–Trinajstić information content (AvgIpc) is 2.94. The molecule has 5 nitrogen and oxygen atoms in total. The first-order valence-electron chi connectivity index (χ1n) is 7.03. The second-order valence-corrected chi connectivity index (χ2v) is 5.16. The van der Waals surface area contributed by atoms with Crippen molar-refractivity contribution in [1.82, 2.24) is 4.90 Å². The van der Waals surface area contributed by atoms with Crippen LogP contribution in [-0.2, 0) is 9.53 Å². The van der Waals surface area contributed by atoms with Crippen LogP contribution in [0.15, 0.2) is 34.7 Å². The first-order valence-corrected chi connectivity index (χ1v) is 7.03. The smallest absolute Gasteiger partial charge is 0.225 e. The first-order chi connectivity index (χ1) is 10.1. The van der Waals surface area contributed by atoms with Crippen molar-refractivity contribution >= 4 is 29.3 Å². The molecule has 2 unspecified atom stereocenters. The zero-order chi connectivity index (χ0) is 15.4. The molecule has 0 aliphatic carbocycles. The van der Waals surface area contributed by atoms with E-state index in [0.717, 1.165) is 16.7 Å². The van der Waals surface area contributed by atoms with E-state index in [1.807, 2.05) is 37.3 Å². The lowest BCUT2D eigenvalue weighted by Gasteiger charge is -2.25. The normalized spacial score (nSPS) is 13.5. The Morgan fingerprint density at radius 3 is 2.68 bits per heavy atom. The molecule has 0 radical (unpaired) electrons. The van der Waals surface area contributed by atoms with Gasteiger partial charge in [0.2, 0.25) is 5.91 Å². The fourth-order valence-electron chi connectivity index (χ4n) is 2.22. The van der Waals surface area contributed by atoms with Crippen LogP contribution in [0.5, 0.6) is 0 Å². The van der Waals surface area contributed by atoms with E-state index in [0.29, 0.717) is 6.54 Å². The van der Waals surface area contributed by atoms with Gasteiger partial charge in [0.05, 0.1) is 18.6 Å². The number of furan rings is 1. The Morgan fingerprint density at radius 2 is 2.09 bits per heavy atom. The van der Waals surface area contributed by atoms with Crippen molar-refractivity contribution in [2.45, 2.75) is 25.5 Å². The van der Waals surface area contributed by atoms with Crippen LogP contribution in [0.2, 0.25) is 0 Å². The molecule has 0 fully saturated rings. The van der Waals surface area contributed by atoms with Crippen LogP contribution in [0.25, 0.3) is 11.0 Å². The van der Waals surface area contributed by atoms with Crippen LogP contribution in [0.1, 0.15) is 25.1 Å². The summed E-state index contributed by atoms with van der Waals surface area (Å²) in [4.78, 5) is 13.9. The molecule has 0 spiro atoms. The van der Waals surface area contributed by atoms with E-state index in [4.69, 9.17) is 14.9 Å². The lowest BCUT2D eigenvalue weighted by Crippen LogP contribution is -2.35. The molecule has 0 aliphatic heterocycles. The van der Waals surface area contributed by atoms with E-state index in [9.17, 15) is 4.79 Å². The topological polar surface area (TPSA) is 68.7 Å². The van der Waals surface area contributed by atoms with Crippen LogP contribution >= 0.6 is 12.4 Å². The molecule has 2 rings (SSSR count).